The molecule has 1 aromatic carbocycles. The molecule has 1 aromatic rings. The van der Waals surface area contributed by atoms with Crippen LogP contribution in [0.2, 0.25) is 10.0 Å². The molecule has 1 fully saturated rings. The summed E-state index contributed by atoms with van der Waals surface area (Å²) in [7, 11) is 0. The highest BCUT2D eigenvalue weighted by Gasteiger charge is 2.27. The molecule has 0 bridgehead atoms. The average molecular weight is 288 g/mol. The summed E-state index contributed by atoms with van der Waals surface area (Å²) in [6, 6.07) is 3.91. The molecule has 3 unspecified atom stereocenters. The fourth-order valence-corrected chi connectivity index (χ4v) is 3.14. The zero-order chi connectivity index (χ0) is 13.3. The first-order valence-electron chi connectivity index (χ1n) is 6.43. The molecule has 0 aromatic heterocycles. The van der Waals surface area contributed by atoms with Gasteiger partial charge in [-0.1, -0.05) is 49.9 Å². The molecule has 0 amide bonds. The minimum Gasteiger partial charge on any atom is -0.505 e. The van der Waals surface area contributed by atoms with Crippen LogP contribution >= 0.6 is 23.2 Å². The standard InChI is InChI=1S/C14H19Cl2NO/c1-8-4-3-5-13(9(8)2)17-10-6-11(15)14(18)12(16)7-10/h6-9,13,17-18H,3-5H2,1-2H3. The van der Waals surface area contributed by atoms with Crippen molar-refractivity contribution < 1.29 is 5.11 Å². The molecule has 2 nitrogen and oxygen atoms in total. The van der Waals surface area contributed by atoms with Gasteiger partial charge in [0.25, 0.3) is 0 Å². The van der Waals surface area contributed by atoms with Gasteiger partial charge in [0, 0.05) is 11.7 Å². The number of anilines is 1. The molecular formula is C14H19Cl2NO. The van der Waals surface area contributed by atoms with E-state index in [9.17, 15) is 5.11 Å². The van der Waals surface area contributed by atoms with E-state index < -0.39 is 0 Å². The summed E-state index contributed by atoms with van der Waals surface area (Å²) in [6.07, 6.45) is 3.72. The third kappa shape index (κ3) is 2.86. The molecule has 0 saturated heterocycles. The summed E-state index contributed by atoms with van der Waals surface area (Å²) < 4.78 is 0. The second-order valence-electron chi connectivity index (χ2n) is 5.31. The highest BCUT2D eigenvalue weighted by molar-refractivity contribution is 6.37. The minimum atomic E-state index is -0.0473. The Kier molecular flexibility index (Phi) is 4.29. The Balaban J connectivity index is 2.14. The summed E-state index contributed by atoms with van der Waals surface area (Å²) in [5.74, 6) is 1.32. The summed E-state index contributed by atoms with van der Waals surface area (Å²) in [6.45, 7) is 4.58. The second kappa shape index (κ2) is 5.58. The fourth-order valence-electron chi connectivity index (χ4n) is 2.65. The zero-order valence-corrected chi connectivity index (χ0v) is 12.2. The van der Waals surface area contributed by atoms with E-state index in [2.05, 4.69) is 19.2 Å². The molecule has 2 N–H and O–H groups in total. The van der Waals surface area contributed by atoms with Crippen molar-refractivity contribution in [1.29, 1.82) is 0 Å². The van der Waals surface area contributed by atoms with Crippen molar-refractivity contribution >= 4 is 28.9 Å². The molecule has 1 aliphatic rings. The van der Waals surface area contributed by atoms with Gasteiger partial charge in [-0.15, -0.1) is 0 Å². The van der Waals surface area contributed by atoms with E-state index in [-0.39, 0.29) is 5.75 Å². The van der Waals surface area contributed by atoms with Crippen LogP contribution in [0.5, 0.6) is 5.75 Å². The summed E-state index contributed by atoms with van der Waals surface area (Å²) in [5, 5.41) is 13.6. The first-order valence-corrected chi connectivity index (χ1v) is 7.19. The number of phenols is 1. The predicted molar refractivity (Wildman–Crippen MR) is 77.7 cm³/mol. The van der Waals surface area contributed by atoms with Crippen molar-refractivity contribution in [1.82, 2.24) is 0 Å². The monoisotopic (exact) mass is 287 g/mol. The number of rotatable bonds is 2. The smallest absolute Gasteiger partial charge is 0.152 e. The van der Waals surface area contributed by atoms with E-state index >= 15 is 0 Å². The predicted octanol–water partition coefficient (Wildman–Crippen LogP) is 4.94. The van der Waals surface area contributed by atoms with Gasteiger partial charge in [0.1, 0.15) is 0 Å². The zero-order valence-electron chi connectivity index (χ0n) is 10.7. The van der Waals surface area contributed by atoms with Crippen LogP contribution in [-0.4, -0.2) is 11.1 Å². The molecule has 0 spiro atoms. The van der Waals surface area contributed by atoms with E-state index in [1.807, 2.05) is 0 Å². The lowest BCUT2D eigenvalue weighted by Gasteiger charge is -2.35. The highest BCUT2D eigenvalue weighted by Crippen LogP contribution is 2.37. The molecule has 1 saturated carbocycles. The Morgan fingerprint density at radius 1 is 1.17 bits per heavy atom. The maximum Gasteiger partial charge on any atom is 0.152 e. The van der Waals surface area contributed by atoms with Gasteiger partial charge in [0.15, 0.2) is 5.75 Å². The van der Waals surface area contributed by atoms with Crippen LogP contribution in [0.25, 0.3) is 0 Å². The van der Waals surface area contributed by atoms with Gasteiger partial charge in [-0.2, -0.15) is 0 Å². The number of hydrogen-bond acceptors (Lipinski definition) is 2. The summed E-state index contributed by atoms with van der Waals surface area (Å²) in [4.78, 5) is 0. The normalized spacial score (nSPS) is 28.1. The number of aromatic hydroxyl groups is 1. The van der Waals surface area contributed by atoms with Crippen LogP contribution in [-0.2, 0) is 0 Å². The maximum absolute atomic E-state index is 9.54. The highest BCUT2D eigenvalue weighted by atomic mass is 35.5. The van der Waals surface area contributed by atoms with E-state index in [0.29, 0.717) is 22.0 Å². The molecule has 1 aliphatic carbocycles. The van der Waals surface area contributed by atoms with Gasteiger partial charge in [0.05, 0.1) is 10.0 Å². The number of halogens is 2. The fraction of sp³-hybridized carbons (Fsp3) is 0.571. The first-order chi connectivity index (χ1) is 8.49. The van der Waals surface area contributed by atoms with Gasteiger partial charge >= 0.3 is 0 Å². The van der Waals surface area contributed by atoms with Crippen LogP contribution in [0, 0.1) is 11.8 Å². The van der Waals surface area contributed by atoms with Crippen LogP contribution in [0.1, 0.15) is 33.1 Å². The van der Waals surface area contributed by atoms with Crippen molar-refractivity contribution in [2.45, 2.75) is 39.2 Å². The van der Waals surface area contributed by atoms with E-state index in [1.54, 1.807) is 12.1 Å². The van der Waals surface area contributed by atoms with E-state index in [4.69, 9.17) is 23.2 Å². The Morgan fingerprint density at radius 3 is 2.39 bits per heavy atom. The first kappa shape index (κ1) is 13.8. The molecule has 3 atom stereocenters. The van der Waals surface area contributed by atoms with Gasteiger partial charge in [0.2, 0.25) is 0 Å². The number of benzene rings is 1. The molecule has 4 heteroatoms. The van der Waals surface area contributed by atoms with Gasteiger partial charge in [-0.3, -0.25) is 0 Å². The van der Waals surface area contributed by atoms with Crippen molar-refractivity contribution in [3.8, 4) is 5.75 Å². The quantitative estimate of drug-likeness (QED) is 0.756. The Morgan fingerprint density at radius 2 is 1.78 bits per heavy atom. The lowest BCUT2D eigenvalue weighted by atomic mass is 9.78. The van der Waals surface area contributed by atoms with Gasteiger partial charge < -0.3 is 10.4 Å². The lowest BCUT2D eigenvalue weighted by Crippen LogP contribution is -2.34. The lowest BCUT2D eigenvalue weighted by molar-refractivity contribution is 0.253. The molecule has 2 rings (SSSR count). The molecule has 18 heavy (non-hydrogen) atoms. The number of hydrogen-bond donors (Lipinski definition) is 2. The molecular weight excluding hydrogens is 269 g/mol. The topological polar surface area (TPSA) is 32.3 Å². The Bertz CT molecular complexity index is 413. The number of phenolic OH excluding ortho intramolecular Hbond substituents is 1. The van der Waals surface area contributed by atoms with Crippen molar-refractivity contribution in [3.05, 3.63) is 22.2 Å². The minimum absolute atomic E-state index is 0.0473. The van der Waals surface area contributed by atoms with Gasteiger partial charge in [-0.25, -0.2) is 0 Å². The molecule has 0 aliphatic heterocycles. The second-order valence-corrected chi connectivity index (χ2v) is 6.12. The van der Waals surface area contributed by atoms with Crippen LogP contribution in [0.15, 0.2) is 12.1 Å². The van der Waals surface area contributed by atoms with Gasteiger partial charge in [-0.05, 0) is 30.4 Å². The third-order valence-corrected chi connectivity index (χ3v) is 4.65. The van der Waals surface area contributed by atoms with E-state index in [1.165, 1.54) is 19.3 Å². The molecule has 0 radical (unpaired) electrons. The molecule has 100 valence electrons. The van der Waals surface area contributed by atoms with Crippen LogP contribution in [0.3, 0.4) is 0 Å². The van der Waals surface area contributed by atoms with Crippen molar-refractivity contribution in [2.24, 2.45) is 11.8 Å². The largest absolute Gasteiger partial charge is 0.505 e. The summed E-state index contributed by atoms with van der Waals surface area (Å²) >= 11 is 11.9. The summed E-state index contributed by atoms with van der Waals surface area (Å²) in [5.41, 5.74) is 0.883. The Labute approximate surface area is 118 Å². The Hall–Kier alpha value is -0.600. The SMILES string of the molecule is CC1CCCC(Nc2cc(Cl)c(O)c(Cl)c2)C1C. The van der Waals surface area contributed by atoms with Crippen LogP contribution < -0.4 is 5.32 Å². The van der Waals surface area contributed by atoms with E-state index in [0.717, 1.165) is 11.6 Å². The number of nitrogens with one attached hydrogen (secondary N) is 1. The molecule has 0 heterocycles. The average Bonchev–Trinajstić information content (AvgIpc) is 2.32. The maximum atomic E-state index is 9.54. The van der Waals surface area contributed by atoms with Crippen molar-refractivity contribution in [3.63, 3.8) is 0 Å². The third-order valence-electron chi connectivity index (χ3n) is 4.08. The van der Waals surface area contributed by atoms with Crippen molar-refractivity contribution in [2.75, 3.05) is 5.32 Å². The van der Waals surface area contributed by atoms with Crippen LogP contribution in [0.4, 0.5) is 5.69 Å².